The number of β-amino-alcohol motifs (C(OH)–C–C–N with tert-alkyl or cyclic N) is 1. The van der Waals surface area contributed by atoms with E-state index in [0.29, 0.717) is 0 Å². The molecule has 21 heavy (non-hydrogen) atoms. The van der Waals surface area contributed by atoms with Gasteiger partial charge in [0.05, 0.1) is 12.1 Å². The van der Waals surface area contributed by atoms with Crippen molar-refractivity contribution in [2.75, 3.05) is 32.7 Å². The average Bonchev–Trinajstić information content (AvgIpc) is 2.87. The number of aryl methyl sites for hydroxylation is 1. The molecular weight excluding hydrogens is 264 g/mol. The summed E-state index contributed by atoms with van der Waals surface area (Å²) in [4.78, 5) is 9.31. The lowest BCUT2D eigenvalue weighted by Crippen LogP contribution is -2.52. The van der Waals surface area contributed by atoms with Gasteiger partial charge in [-0.2, -0.15) is 0 Å². The monoisotopic (exact) mass is 292 g/mol. The molecule has 0 amide bonds. The molecule has 0 aromatic carbocycles. The maximum atomic E-state index is 10.7. The molecular formula is C16H28N4O. The average molecular weight is 292 g/mol. The minimum absolute atomic E-state index is 0.417. The van der Waals surface area contributed by atoms with E-state index in [2.05, 4.69) is 26.4 Å². The number of imidazole rings is 1. The second-order valence-electron chi connectivity index (χ2n) is 6.79. The summed E-state index contributed by atoms with van der Waals surface area (Å²) in [5.74, 6) is 1.13. The largest absolute Gasteiger partial charge is 0.389 e. The van der Waals surface area contributed by atoms with E-state index in [0.717, 1.165) is 57.9 Å². The number of aliphatic hydroxyl groups is 1. The Morgan fingerprint density at radius 2 is 1.76 bits per heavy atom. The second kappa shape index (κ2) is 6.46. The van der Waals surface area contributed by atoms with Gasteiger partial charge in [-0.3, -0.25) is 9.80 Å². The first-order valence-corrected chi connectivity index (χ1v) is 8.28. The van der Waals surface area contributed by atoms with E-state index >= 15 is 0 Å². The van der Waals surface area contributed by atoms with Crippen LogP contribution in [-0.2, 0) is 13.6 Å². The Bertz CT molecular complexity index is 445. The maximum absolute atomic E-state index is 10.7. The van der Waals surface area contributed by atoms with E-state index in [4.69, 9.17) is 0 Å². The highest BCUT2D eigenvalue weighted by Crippen LogP contribution is 2.29. The zero-order valence-corrected chi connectivity index (χ0v) is 13.2. The molecule has 3 rings (SSSR count). The Kier molecular flexibility index (Phi) is 4.62. The maximum Gasteiger partial charge on any atom is 0.122 e. The summed E-state index contributed by atoms with van der Waals surface area (Å²) < 4.78 is 2.09. The second-order valence-corrected chi connectivity index (χ2v) is 6.79. The van der Waals surface area contributed by atoms with Crippen LogP contribution in [0.4, 0.5) is 0 Å². The Balaban J connectivity index is 1.45. The summed E-state index contributed by atoms with van der Waals surface area (Å²) in [5.41, 5.74) is -0.417. The SMILES string of the molecule is Cn1ccnc1CN1CCN(CC2(O)CCCCC2)CC1. The van der Waals surface area contributed by atoms with Gasteiger partial charge >= 0.3 is 0 Å². The van der Waals surface area contributed by atoms with Gasteiger partial charge in [0, 0.05) is 52.2 Å². The van der Waals surface area contributed by atoms with Crippen molar-refractivity contribution in [1.82, 2.24) is 19.4 Å². The first kappa shape index (κ1) is 15.0. The van der Waals surface area contributed by atoms with Crippen molar-refractivity contribution in [1.29, 1.82) is 0 Å². The Labute approximate surface area is 127 Å². The van der Waals surface area contributed by atoms with Crippen molar-refractivity contribution < 1.29 is 5.11 Å². The molecule has 1 aliphatic carbocycles. The van der Waals surface area contributed by atoms with Crippen LogP contribution < -0.4 is 0 Å². The minimum Gasteiger partial charge on any atom is -0.389 e. The highest BCUT2D eigenvalue weighted by Gasteiger charge is 2.32. The van der Waals surface area contributed by atoms with Crippen molar-refractivity contribution in [2.45, 2.75) is 44.2 Å². The number of hydrogen-bond donors (Lipinski definition) is 1. The zero-order valence-electron chi connectivity index (χ0n) is 13.2. The van der Waals surface area contributed by atoms with E-state index in [9.17, 15) is 5.11 Å². The predicted octanol–water partition coefficient (Wildman–Crippen LogP) is 1.23. The fourth-order valence-corrected chi connectivity index (χ4v) is 3.64. The smallest absolute Gasteiger partial charge is 0.122 e. The predicted molar refractivity (Wildman–Crippen MR) is 83.0 cm³/mol. The van der Waals surface area contributed by atoms with Crippen LogP contribution in [0.1, 0.15) is 37.9 Å². The number of hydrogen-bond acceptors (Lipinski definition) is 4. The van der Waals surface area contributed by atoms with Gasteiger partial charge in [0.1, 0.15) is 5.82 Å². The van der Waals surface area contributed by atoms with Crippen LogP contribution >= 0.6 is 0 Å². The molecule has 1 aliphatic heterocycles. The summed E-state index contributed by atoms with van der Waals surface area (Å²) in [5, 5.41) is 10.7. The van der Waals surface area contributed by atoms with Gasteiger partial charge in [-0.15, -0.1) is 0 Å². The van der Waals surface area contributed by atoms with Crippen molar-refractivity contribution in [3.05, 3.63) is 18.2 Å². The third kappa shape index (κ3) is 3.84. The van der Waals surface area contributed by atoms with Gasteiger partial charge in [-0.05, 0) is 12.8 Å². The Morgan fingerprint density at radius 3 is 2.38 bits per heavy atom. The summed E-state index contributed by atoms with van der Waals surface area (Å²) in [6.45, 7) is 6.07. The van der Waals surface area contributed by atoms with E-state index < -0.39 is 5.60 Å². The molecule has 0 atom stereocenters. The molecule has 2 fully saturated rings. The van der Waals surface area contributed by atoms with Gasteiger partial charge in [0.25, 0.3) is 0 Å². The molecule has 5 heteroatoms. The lowest BCUT2D eigenvalue weighted by Gasteiger charge is -2.40. The van der Waals surface area contributed by atoms with Crippen molar-refractivity contribution >= 4 is 0 Å². The van der Waals surface area contributed by atoms with Crippen molar-refractivity contribution in [3.8, 4) is 0 Å². The summed E-state index contributed by atoms with van der Waals surface area (Å²) >= 11 is 0. The van der Waals surface area contributed by atoms with Crippen molar-refractivity contribution in [3.63, 3.8) is 0 Å². The molecule has 1 saturated carbocycles. The zero-order chi connectivity index (χ0) is 14.7. The molecule has 2 heterocycles. The quantitative estimate of drug-likeness (QED) is 0.907. The molecule has 118 valence electrons. The molecule has 1 aromatic heterocycles. The molecule has 0 spiro atoms. The topological polar surface area (TPSA) is 44.5 Å². The molecule has 1 N–H and O–H groups in total. The summed E-state index contributed by atoms with van der Waals surface area (Å²) in [7, 11) is 2.05. The fraction of sp³-hybridized carbons (Fsp3) is 0.812. The molecule has 0 bridgehead atoms. The van der Waals surface area contributed by atoms with E-state index in [1.54, 1.807) is 0 Å². The van der Waals surface area contributed by atoms with E-state index in [1.165, 1.54) is 19.3 Å². The number of aromatic nitrogens is 2. The Hall–Kier alpha value is -0.910. The van der Waals surface area contributed by atoms with Crippen LogP contribution in [0, 0.1) is 0 Å². The van der Waals surface area contributed by atoms with Crippen LogP contribution in [0.25, 0.3) is 0 Å². The third-order valence-corrected chi connectivity index (χ3v) is 5.05. The van der Waals surface area contributed by atoms with Crippen LogP contribution in [-0.4, -0.2) is 62.8 Å². The van der Waals surface area contributed by atoms with E-state index in [1.807, 2.05) is 12.4 Å². The van der Waals surface area contributed by atoms with Crippen LogP contribution in [0.15, 0.2) is 12.4 Å². The first-order chi connectivity index (χ1) is 10.1. The molecule has 1 aromatic rings. The number of nitrogens with zero attached hydrogens (tertiary/aromatic N) is 4. The lowest BCUT2D eigenvalue weighted by atomic mass is 9.84. The number of rotatable bonds is 4. The van der Waals surface area contributed by atoms with Crippen LogP contribution in [0.3, 0.4) is 0 Å². The van der Waals surface area contributed by atoms with Gasteiger partial charge in [0.2, 0.25) is 0 Å². The third-order valence-electron chi connectivity index (χ3n) is 5.05. The van der Waals surface area contributed by atoms with E-state index in [-0.39, 0.29) is 0 Å². The molecule has 0 radical (unpaired) electrons. The van der Waals surface area contributed by atoms with Gasteiger partial charge < -0.3 is 9.67 Å². The van der Waals surface area contributed by atoms with Gasteiger partial charge in [0.15, 0.2) is 0 Å². The highest BCUT2D eigenvalue weighted by molar-refractivity contribution is 4.92. The molecule has 0 unspecified atom stereocenters. The normalized spacial score (nSPS) is 24.3. The van der Waals surface area contributed by atoms with Gasteiger partial charge in [-0.1, -0.05) is 19.3 Å². The molecule has 2 aliphatic rings. The van der Waals surface area contributed by atoms with Crippen molar-refractivity contribution in [2.24, 2.45) is 7.05 Å². The molecule has 5 nitrogen and oxygen atoms in total. The highest BCUT2D eigenvalue weighted by atomic mass is 16.3. The van der Waals surface area contributed by atoms with Crippen LogP contribution in [0.5, 0.6) is 0 Å². The lowest BCUT2D eigenvalue weighted by molar-refractivity contribution is -0.0361. The van der Waals surface area contributed by atoms with Gasteiger partial charge in [-0.25, -0.2) is 4.98 Å². The minimum atomic E-state index is -0.417. The fourth-order valence-electron chi connectivity index (χ4n) is 3.64. The summed E-state index contributed by atoms with van der Waals surface area (Å²) in [6.07, 6.45) is 9.51. The van der Waals surface area contributed by atoms with Crippen LogP contribution in [0.2, 0.25) is 0 Å². The number of piperazine rings is 1. The Morgan fingerprint density at radius 1 is 1.10 bits per heavy atom. The molecule has 1 saturated heterocycles. The standard InChI is InChI=1S/C16H28N4O/c1-18-8-7-17-15(18)13-19-9-11-20(12-10-19)14-16(21)5-3-2-4-6-16/h7-8,21H,2-6,9-14H2,1H3. The first-order valence-electron chi connectivity index (χ1n) is 8.28. The summed E-state index contributed by atoms with van der Waals surface area (Å²) in [6, 6.07) is 0.